The van der Waals surface area contributed by atoms with Gasteiger partial charge in [0.1, 0.15) is 4.90 Å². The van der Waals surface area contributed by atoms with E-state index < -0.39 is 10.0 Å². The molecule has 1 aromatic heterocycles. The topological polar surface area (TPSA) is 85.1 Å². The van der Waals surface area contributed by atoms with Gasteiger partial charge in [-0.25, -0.2) is 18.1 Å². The van der Waals surface area contributed by atoms with Gasteiger partial charge in [0.15, 0.2) is 0 Å². The number of thiazole rings is 1. The Morgan fingerprint density at radius 3 is 2.85 bits per heavy atom. The Hall–Kier alpha value is -1.15. The van der Waals surface area contributed by atoms with Gasteiger partial charge < -0.3 is 5.73 Å². The normalized spacial score (nSPS) is 11.7. The summed E-state index contributed by atoms with van der Waals surface area (Å²) in [5.41, 5.74) is 9.44. The van der Waals surface area contributed by atoms with Gasteiger partial charge in [-0.15, -0.1) is 11.3 Å². The molecular weight excluding hydrogens is 318 g/mol. The van der Waals surface area contributed by atoms with Crippen LogP contribution in [0, 0.1) is 6.92 Å². The number of nitrogens with one attached hydrogen (secondary N) is 1. The van der Waals surface area contributed by atoms with Crippen LogP contribution >= 0.6 is 22.9 Å². The minimum absolute atomic E-state index is 0.000504. The molecule has 0 bridgehead atoms. The number of aryl methyl sites for hydroxylation is 1. The fourth-order valence-corrected chi connectivity index (χ4v) is 3.87. The van der Waals surface area contributed by atoms with Gasteiger partial charge in [0, 0.05) is 24.0 Å². The first-order chi connectivity index (χ1) is 9.40. The molecule has 1 aromatic carbocycles. The van der Waals surface area contributed by atoms with Crippen LogP contribution in [0.5, 0.6) is 0 Å². The number of halogens is 1. The molecule has 0 fully saturated rings. The fourth-order valence-electron chi connectivity index (χ4n) is 1.63. The molecule has 0 saturated carbocycles. The van der Waals surface area contributed by atoms with E-state index in [2.05, 4.69) is 9.71 Å². The predicted octanol–water partition coefficient (Wildman–Crippen LogP) is 2.21. The van der Waals surface area contributed by atoms with Gasteiger partial charge in [-0.05, 0) is 24.6 Å². The lowest BCUT2D eigenvalue weighted by molar-refractivity contribution is 0.581. The Morgan fingerprint density at radius 1 is 1.45 bits per heavy atom. The van der Waals surface area contributed by atoms with Gasteiger partial charge in [0.05, 0.1) is 16.2 Å². The summed E-state index contributed by atoms with van der Waals surface area (Å²) in [6.45, 7) is 2.03. The largest absolute Gasteiger partial charge is 0.398 e. The smallest absolute Gasteiger partial charge is 0.242 e. The zero-order valence-electron chi connectivity index (χ0n) is 10.8. The number of hydrogen-bond donors (Lipinski definition) is 2. The van der Waals surface area contributed by atoms with Gasteiger partial charge in [-0.1, -0.05) is 11.6 Å². The Bertz CT molecular complexity index is 700. The third-order valence-electron chi connectivity index (χ3n) is 2.77. The van der Waals surface area contributed by atoms with Crippen molar-refractivity contribution in [3.05, 3.63) is 39.3 Å². The van der Waals surface area contributed by atoms with Crippen molar-refractivity contribution in [2.75, 3.05) is 12.3 Å². The molecular formula is C12H14ClN3O2S2. The number of nitrogens with two attached hydrogens (primary N) is 1. The second kappa shape index (κ2) is 6.09. The number of nitrogen functional groups attached to an aromatic ring is 1. The minimum Gasteiger partial charge on any atom is -0.398 e. The molecule has 8 heteroatoms. The Kier molecular flexibility index (Phi) is 4.64. The molecule has 0 radical (unpaired) electrons. The summed E-state index contributed by atoms with van der Waals surface area (Å²) >= 11 is 7.45. The summed E-state index contributed by atoms with van der Waals surface area (Å²) in [5.74, 6) is 0. The van der Waals surface area contributed by atoms with Crippen molar-refractivity contribution in [3.63, 3.8) is 0 Å². The Labute approximate surface area is 126 Å². The van der Waals surface area contributed by atoms with Crippen LogP contribution in [-0.2, 0) is 16.4 Å². The maximum Gasteiger partial charge on any atom is 0.242 e. The number of sulfonamides is 1. The lowest BCUT2D eigenvalue weighted by atomic mass is 10.2. The number of hydrogen-bond acceptors (Lipinski definition) is 5. The maximum absolute atomic E-state index is 12.2. The van der Waals surface area contributed by atoms with Crippen molar-refractivity contribution in [2.24, 2.45) is 0 Å². The third-order valence-corrected chi connectivity index (χ3v) is 5.33. The monoisotopic (exact) mass is 331 g/mol. The molecule has 0 amide bonds. The van der Waals surface area contributed by atoms with E-state index in [1.54, 1.807) is 18.5 Å². The Morgan fingerprint density at radius 2 is 2.20 bits per heavy atom. The average molecular weight is 332 g/mol. The van der Waals surface area contributed by atoms with Gasteiger partial charge in [-0.3, -0.25) is 0 Å². The van der Waals surface area contributed by atoms with E-state index in [0.29, 0.717) is 12.1 Å². The lowest BCUT2D eigenvalue weighted by Crippen LogP contribution is -2.26. The van der Waals surface area contributed by atoms with E-state index >= 15 is 0 Å². The van der Waals surface area contributed by atoms with Crippen molar-refractivity contribution < 1.29 is 8.42 Å². The molecule has 0 aliphatic carbocycles. The number of nitrogens with zero attached hydrogens (tertiary/aromatic N) is 1. The molecule has 3 N–H and O–H groups in total. The predicted molar refractivity (Wildman–Crippen MR) is 81.6 cm³/mol. The van der Waals surface area contributed by atoms with Crippen LogP contribution in [0.15, 0.2) is 27.9 Å². The van der Waals surface area contributed by atoms with Crippen LogP contribution in [0.25, 0.3) is 0 Å². The molecule has 108 valence electrons. The third kappa shape index (κ3) is 3.49. The van der Waals surface area contributed by atoms with Crippen molar-refractivity contribution in [1.29, 1.82) is 0 Å². The SMILES string of the molecule is Cc1cc(Cl)c(S(=O)(=O)NCCc2cscn2)cc1N. The molecule has 1 heterocycles. The van der Waals surface area contributed by atoms with E-state index in [1.807, 2.05) is 5.38 Å². The highest BCUT2D eigenvalue weighted by Gasteiger charge is 2.18. The summed E-state index contributed by atoms with van der Waals surface area (Å²) in [7, 11) is -3.67. The molecule has 0 aliphatic rings. The second-order valence-electron chi connectivity index (χ2n) is 4.27. The van der Waals surface area contributed by atoms with Crippen LogP contribution in [-0.4, -0.2) is 19.9 Å². The molecule has 5 nitrogen and oxygen atoms in total. The average Bonchev–Trinajstić information content (AvgIpc) is 2.86. The summed E-state index contributed by atoms with van der Waals surface area (Å²) in [4.78, 5) is 4.09. The number of anilines is 1. The number of benzene rings is 1. The highest BCUT2D eigenvalue weighted by Crippen LogP contribution is 2.26. The summed E-state index contributed by atoms with van der Waals surface area (Å²) in [6.07, 6.45) is 0.529. The van der Waals surface area contributed by atoms with Crippen molar-refractivity contribution in [3.8, 4) is 0 Å². The first-order valence-electron chi connectivity index (χ1n) is 5.82. The van der Waals surface area contributed by atoms with Crippen molar-refractivity contribution in [2.45, 2.75) is 18.2 Å². The van der Waals surface area contributed by atoms with E-state index in [9.17, 15) is 8.42 Å². The van der Waals surface area contributed by atoms with Crippen LogP contribution in [0.3, 0.4) is 0 Å². The highest BCUT2D eigenvalue weighted by atomic mass is 35.5. The van der Waals surface area contributed by atoms with Crippen LogP contribution in [0.4, 0.5) is 5.69 Å². The van der Waals surface area contributed by atoms with E-state index in [0.717, 1.165) is 11.3 Å². The summed E-state index contributed by atoms with van der Waals surface area (Å²) in [5, 5.41) is 2.04. The van der Waals surface area contributed by atoms with Crippen LogP contribution < -0.4 is 10.5 Å². The van der Waals surface area contributed by atoms with Gasteiger partial charge in [0.2, 0.25) is 10.0 Å². The molecule has 2 rings (SSSR count). The van der Waals surface area contributed by atoms with Gasteiger partial charge in [-0.2, -0.15) is 0 Å². The number of aromatic nitrogens is 1. The van der Waals surface area contributed by atoms with Gasteiger partial charge >= 0.3 is 0 Å². The standard InChI is InChI=1S/C12H14ClN3O2S2/c1-8-4-10(13)12(5-11(8)14)20(17,18)16-3-2-9-6-19-7-15-9/h4-7,16H,2-3,14H2,1H3. The van der Waals surface area contributed by atoms with Crippen LogP contribution in [0.2, 0.25) is 5.02 Å². The maximum atomic E-state index is 12.2. The summed E-state index contributed by atoms with van der Waals surface area (Å²) in [6, 6.07) is 2.93. The first kappa shape index (κ1) is 15.2. The van der Waals surface area contributed by atoms with E-state index in [-0.39, 0.29) is 16.5 Å². The van der Waals surface area contributed by atoms with E-state index in [4.69, 9.17) is 17.3 Å². The molecule has 0 atom stereocenters. The Balaban J connectivity index is 2.12. The summed E-state index contributed by atoms with van der Waals surface area (Å²) < 4.78 is 26.9. The first-order valence-corrected chi connectivity index (χ1v) is 8.63. The molecule has 0 spiro atoms. The van der Waals surface area contributed by atoms with E-state index in [1.165, 1.54) is 17.4 Å². The minimum atomic E-state index is -3.67. The van der Waals surface area contributed by atoms with Crippen LogP contribution in [0.1, 0.15) is 11.3 Å². The second-order valence-corrected chi connectivity index (χ2v) is 7.13. The zero-order valence-corrected chi connectivity index (χ0v) is 13.1. The van der Waals surface area contributed by atoms with Crippen molar-refractivity contribution in [1.82, 2.24) is 9.71 Å². The van der Waals surface area contributed by atoms with Crippen molar-refractivity contribution >= 4 is 38.6 Å². The highest BCUT2D eigenvalue weighted by molar-refractivity contribution is 7.89. The quantitative estimate of drug-likeness (QED) is 0.822. The molecule has 2 aromatic rings. The zero-order chi connectivity index (χ0) is 14.8. The molecule has 20 heavy (non-hydrogen) atoms. The fraction of sp³-hybridized carbons (Fsp3) is 0.250. The molecule has 0 saturated heterocycles. The molecule has 0 unspecified atom stereocenters. The van der Waals surface area contributed by atoms with Gasteiger partial charge in [0.25, 0.3) is 0 Å². The lowest BCUT2D eigenvalue weighted by Gasteiger charge is -2.10. The molecule has 0 aliphatic heterocycles. The number of rotatable bonds is 5.